The maximum Gasteiger partial charge on any atom is 0.412 e. The highest BCUT2D eigenvalue weighted by atomic mass is 16.6. The maximum atomic E-state index is 12.7. The van der Waals surface area contributed by atoms with Gasteiger partial charge in [0.2, 0.25) is 0 Å². The van der Waals surface area contributed by atoms with Gasteiger partial charge in [-0.3, -0.25) is 14.9 Å². The number of amides is 1. The van der Waals surface area contributed by atoms with Crippen LogP contribution in [0.1, 0.15) is 61.5 Å². The lowest BCUT2D eigenvalue weighted by Crippen LogP contribution is -2.27. The molecule has 1 aliphatic carbocycles. The van der Waals surface area contributed by atoms with Gasteiger partial charge in [-0.15, -0.1) is 0 Å². The van der Waals surface area contributed by atoms with Crippen molar-refractivity contribution in [3.63, 3.8) is 0 Å². The summed E-state index contributed by atoms with van der Waals surface area (Å²) in [6.45, 7) is 6.72. The summed E-state index contributed by atoms with van der Waals surface area (Å²) in [6.07, 6.45) is -0.329. The number of carbonyl (C=O) groups excluding carboxylic acids is 3. The van der Waals surface area contributed by atoms with Crippen molar-refractivity contribution in [3.05, 3.63) is 71.3 Å². The number of hydrogen-bond donors (Lipinski definition) is 1. The number of rotatable bonds is 3. The second-order valence-electron chi connectivity index (χ2n) is 8.87. The molecule has 0 unspecified atom stereocenters. The monoisotopic (exact) mass is 431 g/mol. The van der Waals surface area contributed by atoms with E-state index in [1.165, 1.54) is 6.92 Å². The van der Waals surface area contributed by atoms with Crippen molar-refractivity contribution in [3.8, 4) is 5.75 Å². The number of fused-ring (bicyclic) bond motifs is 2. The Kier molecular flexibility index (Phi) is 5.46. The van der Waals surface area contributed by atoms with E-state index in [1.807, 2.05) is 42.5 Å². The van der Waals surface area contributed by atoms with Crippen LogP contribution in [-0.2, 0) is 9.53 Å². The summed E-state index contributed by atoms with van der Waals surface area (Å²) < 4.78 is 11.0. The van der Waals surface area contributed by atoms with Crippen LogP contribution in [-0.4, -0.2) is 23.4 Å². The van der Waals surface area contributed by atoms with E-state index in [0.29, 0.717) is 28.0 Å². The van der Waals surface area contributed by atoms with Crippen molar-refractivity contribution in [2.45, 2.75) is 45.6 Å². The van der Waals surface area contributed by atoms with Gasteiger partial charge in [0.1, 0.15) is 11.4 Å². The fourth-order valence-electron chi connectivity index (χ4n) is 4.21. The van der Waals surface area contributed by atoms with Gasteiger partial charge in [0.15, 0.2) is 5.78 Å². The SMILES string of the molecule is CC(=O)Oc1ccc2cccc(NC(=O)OC(C)(C)C)c2c1[C@H]1CC(=O)c2ccccc21. The van der Waals surface area contributed by atoms with E-state index in [4.69, 9.17) is 9.47 Å². The number of esters is 1. The first-order chi connectivity index (χ1) is 15.1. The van der Waals surface area contributed by atoms with Crippen LogP contribution in [0.2, 0.25) is 0 Å². The van der Waals surface area contributed by atoms with Crippen LogP contribution < -0.4 is 10.1 Å². The molecule has 1 aliphatic rings. The molecule has 3 aromatic rings. The Morgan fingerprint density at radius 3 is 2.47 bits per heavy atom. The molecular formula is C26H25NO5. The van der Waals surface area contributed by atoms with E-state index in [0.717, 1.165) is 10.9 Å². The van der Waals surface area contributed by atoms with Gasteiger partial charge >= 0.3 is 12.1 Å². The van der Waals surface area contributed by atoms with Crippen LogP contribution in [0.4, 0.5) is 10.5 Å². The topological polar surface area (TPSA) is 81.7 Å². The fourth-order valence-corrected chi connectivity index (χ4v) is 4.21. The van der Waals surface area contributed by atoms with Crippen LogP contribution in [0.3, 0.4) is 0 Å². The van der Waals surface area contributed by atoms with Crippen molar-refractivity contribution in [1.82, 2.24) is 0 Å². The van der Waals surface area contributed by atoms with Gasteiger partial charge in [-0.2, -0.15) is 0 Å². The van der Waals surface area contributed by atoms with E-state index in [1.54, 1.807) is 32.9 Å². The van der Waals surface area contributed by atoms with Gasteiger partial charge in [0.25, 0.3) is 0 Å². The molecule has 1 N–H and O–H groups in total. The quantitative estimate of drug-likeness (QED) is 0.417. The maximum absolute atomic E-state index is 12.7. The number of benzene rings is 3. The second kappa shape index (κ2) is 8.11. The van der Waals surface area contributed by atoms with Crippen LogP contribution in [0.25, 0.3) is 10.8 Å². The first-order valence-electron chi connectivity index (χ1n) is 10.5. The predicted octanol–water partition coefficient (Wildman–Crippen LogP) is 5.83. The minimum atomic E-state index is -0.656. The molecule has 0 fully saturated rings. The number of hydrogen-bond acceptors (Lipinski definition) is 5. The van der Waals surface area contributed by atoms with Crippen molar-refractivity contribution in [2.75, 3.05) is 5.32 Å². The highest BCUT2D eigenvalue weighted by Gasteiger charge is 2.34. The van der Waals surface area contributed by atoms with Gasteiger partial charge in [-0.25, -0.2) is 4.79 Å². The number of ketones is 1. The average Bonchev–Trinajstić information content (AvgIpc) is 3.03. The smallest absolute Gasteiger partial charge is 0.412 e. The molecule has 0 heterocycles. The molecule has 1 amide bonds. The molecule has 0 saturated heterocycles. The Morgan fingerprint density at radius 2 is 1.75 bits per heavy atom. The van der Waals surface area contributed by atoms with E-state index < -0.39 is 17.7 Å². The van der Waals surface area contributed by atoms with Crippen molar-refractivity contribution in [2.24, 2.45) is 0 Å². The Labute approximate surface area is 186 Å². The first-order valence-corrected chi connectivity index (χ1v) is 10.5. The van der Waals surface area contributed by atoms with Crippen molar-refractivity contribution >= 4 is 34.3 Å². The summed E-state index contributed by atoms with van der Waals surface area (Å²) >= 11 is 0. The number of ether oxygens (including phenoxy) is 2. The van der Waals surface area contributed by atoms with Gasteiger partial charge in [0.05, 0.1) is 5.69 Å². The Balaban J connectivity index is 1.92. The summed E-state index contributed by atoms with van der Waals surface area (Å²) in [5.41, 5.74) is 2.11. The lowest BCUT2D eigenvalue weighted by atomic mass is 9.87. The summed E-state index contributed by atoms with van der Waals surface area (Å²) in [5.74, 6) is -0.356. The molecule has 6 heteroatoms. The Hall–Kier alpha value is -3.67. The molecule has 0 aliphatic heterocycles. The lowest BCUT2D eigenvalue weighted by Gasteiger charge is -2.22. The minimum absolute atomic E-state index is 0.0361. The van der Waals surface area contributed by atoms with E-state index in [9.17, 15) is 14.4 Å². The highest BCUT2D eigenvalue weighted by Crippen LogP contribution is 2.46. The van der Waals surface area contributed by atoms with Crippen molar-refractivity contribution < 1.29 is 23.9 Å². The molecule has 0 saturated carbocycles. The van der Waals surface area contributed by atoms with Gasteiger partial charge in [-0.1, -0.05) is 42.5 Å². The standard InChI is InChI=1S/C26H25NO5/c1-15(28)31-22-13-12-16-8-7-11-20(27-25(30)32-26(2,3)4)23(16)24(22)19-14-21(29)18-10-6-5-9-17(18)19/h5-13,19H,14H2,1-4H3,(H,27,30)/t19-/m0/s1. The highest BCUT2D eigenvalue weighted by molar-refractivity contribution is 6.07. The number of carbonyl (C=O) groups is 3. The third-order valence-electron chi connectivity index (χ3n) is 5.31. The lowest BCUT2D eigenvalue weighted by molar-refractivity contribution is -0.131. The number of Topliss-reactive ketones (excluding diaryl/α,β-unsaturated/α-hetero) is 1. The van der Waals surface area contributed by atoms with Crippen LogP contribution >= 0.6 is 0 Å². The van der Waals surface area contributed by atoms with Gasteiger partial charge in [-0.05, 0) is 43.9 Å². The number of nitrogens with one attached hydrogen (secondary N) is 1. The zero-order chi connectivity index (χ0) is 23.0. The molecule has 1 atom stereocenters. The molecule has 0 spiro atoms. The zero-order valence-electron chi connectivity index (χ0n) is 18.5. The fraction of sp³-hybridized carbons (Fsp3) is 0.269. The third kappa shape index (κ3) is 4.21. The largest absolute Gasteiger partial charge is 0.444 e. The minimum Gasteiger partial charge on any atom is -0.444 e. The van der Waals surface area contributed by atoms with Gasteiger partial charge < -0.3 is 9.47 Å². The summed E-state index contributed by atoms with van der Waals surface area (Å²) in [5, 5.41) is 4.40. The molecule has 32 heavy (non-hydrogen) atoms. The molecule has 4 rings (SSSR count). The van der Waals surface area contributed by atoms with Gasteiger partial charge in [0, 0.05) is 35.8 Å². The van der Waals surface area contributed by atoms with Crippen molar-refractivity contribution in [1.29, 1.82) is 0 Å². The molecular weight excluding hydrogens is 406 g/mol. The number of anilines is 1. The van der Waals surface area contributed by atoms with E-state index >= 15 is 0 Å². The molecule has 3 aromatic carbocycles. The summed E-state index contributed by atoms with van der Waals surface area (Å²) in [6, 6.07) is 16.6. The zero-order valence-corrected chi connectivity index (χ0v) is 18.5. The molecule has 164 valence electrons. The van der Waals surface area contributed by atoms with E-state index in [2.05, 4.69) is 5.32 Å². The first kappa shape index (κ1) is 21.6. The normalized spacial score (nSPS) is 15.4. The summed E-state index contributed by atoms with van der Waals surface area (Å²) in [7, 11) is 0. The Bertz CT molecular complexity index is 1240. The Morgan fingerprint density at radius 1 is 1.00 bits per heavy atom. The van der Waals surface area contributed by atoms with Crippen LogP contribution in [0, 0.1) is 0 Å². The van der Waals surface area contributed by atoms with Crippen LogP contribution in [0.5, 0.6) is 5.75 Å². The molecule has 0 aromatic heterocycles. The molecule has 0 radical (unpaired) electrons. The second-order valence-corrected chi connectivity index (χ2v) is 8.87. The molecule has 0 bridgehead atoms. The molecule has 6 nitrogen and oxygen atoms in total. The third-order valence-corrected chi connectivity index (χ3v) is 5.31. The van der Waals surface area contributed by atoms with Crippen LogP contribution in [0.15, 0.2) is 54.6 Å². The van der Waals surface area contributed by atoms with E-state index in [-0.39, 0.29) is 18.1 Å². The average molecular weight is 431 g/mol. The predicted molar refractivity (Wildman–Crippen MR) is 122 cm³/mol. The summed E-state index contributed by atoms with van der Waals surface area (Å²) in [4.78, 5) is 37.2.